The molecule has 2 aromatic heterocycles. The molecule has 2 aromatic rings. The Hall–Kier alpha value is -3.61. The van der Waals surface area contributed by atoms with Crippen LogP contribution in [0.15, 0.2) is 29.7 Å². The first kappa shape index (κ1) is 22.1. The fraction of sp³-hybridized carbons (Fsp3) is 0.500. The van der Waals surface area contributed by atoms with Crippen molar-refractivity contribution in [2.75, 3.05) is 6.61 Å². The minimum Gasteiger partial charge on any atom is -0.463 e. The van der Waals surface area contributed by atoms with E-state index >= 15 is 0 Å². The van der Waals surface area contributed by atoms with Crippen LogP contribution in [-0.4, -0.2) is 67.1 Å². The second kappa shape index (κ2) is 8.63. The van der Waals surface area contributed by atoms with Crippen LogP contribution in [0.1, 0.15) is 27.7 Å². The van der Waals surface area contributed by atoms with E-state index in [1.54, 1.807) is 0 Å². The van der Waals surface area contributed by atoms with Crippen LogP contribution in [0.3, 0.4) is 0 Å². The Morgan fingerprint density at radius 1 is 1.16 bits per heavy atom. The van der Waals surface area contributed by atoms with Crippen molar-refractivity contribution in [2.24, 2.45) is 0 Å². The summed E-state index contributed by atoms with van der Waals surface area (Å²) < 4.78 is 24.1. The van der Waals surface area contributed by atoms with Crippen molar-refractivity contribution in [1.82, 2.24) is 24.3 Å². The van der Waals surface area contributed by atoms with Crippen LogP contribution in [0.2, 0.25) is 0 Å². The number of aromatic nitrogens is 5. The number of rotatable bonds is 6. The summed E-state index contributed by atoms with van der Waals surface area (Å²) in [5.41, 5.74) is -2.37. The van der Waals surface area contributed by atoms with Crippen molar-refractivity contribution in [3.05, 3.63) is 35.4 Å². The van der Waals surface area contributed by atoms with E-state index in [9.17, 15) is 19.2 Å². The number of carbonyl (C=O) groups excluding carboxylic acids is 3. The number of carbonyl (C=O) groups is 3. The fourth-order valence-corrected chi connectivity index (χ4v) is 3.33. The molecule has 13 heteroatoms. The Morgan fingerprint density at radius 2 is 1.87 bits per heavy atom. The molecular weight excluding hydrogens is 414 g/mol. The Balaban J connectivity index is 2.04. The monoisotopic (exact) mass is 435 g/mol. The summed E-state index contributed by atoms with van der Waals surface area (Å²) in [6.45, 7) is 4.72. The molecule has 3 rings (SSSR count). The maximum absolute atomic E-state index is 12.8. The van der Waals surface area contributed by atoms with E-state index in [2.05, 4.69) is 15.1 Å². The summed E-state index contributed by atoms with van der Waals surface area (Å²) in [7, 11) is 0. The van der Waals surface area contributed by atoms with Gasteiger partial charge in [-0.3, -0.25) is 19.0 Å². The number of esters is 3. The van der Waals surface area contributed by atoms with Gasteiger partial charge in [0.2, 0.25) is 0 Å². The van der Waals surface area contributed by atoms with Crippen LogP contribution in [0.25, 0.3) is 5.82 Å². The van der Waals surface area contributed by atoms with E-state index in [4.69, 9.17) is 18.9 Å². The number of hydrogen-bond donors (Lipinski definition) is 0. The topological polar surface area (TPSA) is 154 Å². The molecule has 0 aromatic carbocycles. The second-order valence-electron chi connectivity index (χ2n) is 6.90. The summed E-state index contributed by atoms with van der Waals surface area (Å²) in [4.78, 5) is 55.3. The lowest BCUT2D eigenvalue weighted by molar-refractivity contribution is -0.178. The molecule has 1 aliphatic heterocycles. The molecule has 1 aliphatic rings. The van der Waals surface area contributed by atoms with Crippen LogP contribution < -0.4 is 5.69 Å². The maximum atomic E-state index is 12.8. The fourth-order valence-electron chi connectivity index (χ4n) is 3.33. The highest BCUT2D eigenvalue weighted by atomic mass is 16.7. The molecule has 0 N–H and O–H groups in total. The first-order chi connectivity index (χ1) is 14.6. The van der Waals surface area contributed by atoms with Crippen LogP contribution >= 0.6 is 0 Å². The molecule has 0 saturated carbocycles. The van der Waals surface area contributed by atoms with Gasteiger partial charge in [-0.15, -0.1) is 0 Å². The molecule has 1 fully saturated rings. The quantitative estimate of drug-likeness (QED) is 0.419. The molecule has 13 nitrogen and oxygen atoms in total. The Bertz CT molecular complexity index is 1040. The SMILES string of the molecule is CC(=O)OC[C@H]1O[C@@](C)(n2ccc(-n3cncn3)nc2=O)C(OC(C)=O)C1OC(C)=O. The lowest BCUT2D eigenvalue weighted by Gasteiger charge is -2.32. The van der Waals surface area contributed by atoms with Gasteiger partial charge in [0.25, 0.3) is 0 Å². The van der Waals surface area contributed by atoms with Gasteiger partial charge in [-0.2, -0.15) is 10.1 Å². The molecule has 0 radical (unpaired) electrons. The predicted octanol–water partition coefficient (Wildman–Crippen LogP) is -0.678. The zero-order valence-electron chi connectivity index (χ0n) is 17.3. The molecule has 0 spiro atoms. The lowest BCUT2D eigenvalue weighted by Crippen LogP contribution is -2.51. The normalized spacial score (nSPS) is 25.1. The van der Waals surface area contributed by atoms with Gasteiger partial charge in [0.05, 0.1) is 0 Å². The van der Waals surface area contributed by atoms with Gasteiger partial charge < -0.3 is 18.9 Å². The van der Waals surface area contributed by atoms with Crippen molar-refractivity contribution < 1.29 is 33.3 Å². The highest BCUT2D eigenvalue weighted by molar-refractivity contribution is 5.68. The Morgan fingerprint density at radius 3 is 2.42 bits per heavy atom. The molecule has 166 valence electrons. The zero-order valence-corrected chi connectivity index (χ0v) is 17.3. The third kappa shape index (κ3) is 4.60. The van der Waals surface area contributed by atoms with E-state index in [-0.39, 0.29) is 12.4 Å². The van der Waals surface area contributed by atoms with Crippen LogP contribution in [0.5, 0.6) is 0 Å². The zero-order chi connectivity index (χ0) is 22.8. The minimum absolute atomic E-state index is 0.206. The highest BCUT2D eigenvalue weighted by Gasteiger charge is 2.58. The summed E-state index contributed by atoms with van der Waals surface area (Å²) in [6, 6.07) is 1.48. The van der Waals surface area contributed by atoms with Crippen molar-refractivity contribution in [2.45, 2.75) is 51.7 Å². The lowest BCUT2D eigenvalue weighted by atomic mass is 10.0. The van der Waals surface area contributed by atoms with E-state index in [0.717, 1.165) is 4.57 Å². The number of ether oxygens (including phenoxy) is 4. The summed E-state index contributed by atoms with van der Waals surface area (Å²) in [5.74, 6) is -1.74. The number of hydrogen-bond acceptors (Lipinski definition) is 11. The Kier molecular flexibility index (Phi) is 6.15. The molecular formula is C18H21N5O8. The van der Waals surface area contributed by atoms with Gasteiger partial charge >= 0.3 is 23.6 Å². The van der Waals surface area contributed by atoms with Crippen molar-refractivity contribution in [1.29, 1.82) is 0 Å². The molecule has 4 atom stereocenters. The molecule has 0 bridgehead atoms. The maximum Gasteiger partial charge on any atom is 0.352 e. The van der Waals surface area contributed by atoms with Gasteiger partial charge in [0.15, 0.2) is 23.8 Å². The van der Waals surface area contributed by atoms with E-state index in [1.165, 1.54) is 57.3 Å². The standard InChI is InChI=1S/C18H21N5O8/c1-10(24)28-7-13-15(29-11(2)25)16(30-12(3)26)18(4,31-13)22-6-5-14(21-17(22)27)23-9-19-8-20-23/h5-6,8-9,13,15-16H,7H2,1-4H3/t13-,15?,16?,18-/m1/s1. The molecule has 0 amide bonds. The average Bonchev–Trinajstić information content (AvgIpc) is 3.29. The predicted molar refractivity (Wildman–Crippen MR) is 99.7 cm³/mol. The Labute approximate surface area is 175 Å². The van der Waals surface area contributed by atoms with Gasteiger partial charge in [-0.05, 0) is 13.0 Å². The first-order valence-electron chi connectivity index (χ1n) is 9.22. The largest absolute Gasteiger partial charge is 0.463 e. The van der Waals surface area contributed by atoms with Crippen molar-refractivity contribution in [3.63, 3.8) is 0 Å². The molecule has 1 saturated heterocycles. The third-order valence-electron chi connectivity index (χ3n) is 4.55. The molecule has 3 heterocycles. The molecule has 0 aliphatic carbocycles. The first-order valence-corrected chi connectivity index (χ1v) is 9.22. The average molecular weight is 435 g/mol. The van der Waals surface area contributed by atoms with Crippen molar-refractivity contribution in [3.8, 4) is 5.82 Å². The van der Waals surface area contributed by atoms with Gasteiger partial charge in [-0.25, -0.2) is 14.5 Å². The summed E-state index contributed by atoms with van der Waals surface area (Å²) in [5, 5.41) is 3.91. The van der Waals surface area contributed by atoms with E-state index in [0.29, 0.717) is 0 Å². The van der Waals surface area contributed by atoms with E-state index in [1.807, 2.05) is 0 Å². The number of nitrogens with zero attached hydrogens (tertiary/aromatic N) is 5. The van der Waals surface area contributed by atoms with Gasteiger partial charge in [0, 0.05) is 27.0 Å². The highest BCUT2D eigenvalue weighted by Crippen LogP contribution is 2.38. The van der Waals surface area contributed by atoms with Crippen molar-refractivity contribution >= 4 is 17.9 Å². The third-order valence-corrected chi connectivity index (χ3v) is 4.55. The molecule has 31 heavy (non-hydrogen) atoms. The van der Waals surface area contributed by atoms with E-state index < -0.39 is 47.6 Å². The van der Waals surface area contributed by atoms with Crippen LogP contribution in [0.4, 0.5) is 0 Å². The summed E-state index contributed by atoms with van der Waals surface area (Å²) >= 11 is 0. The van der Waals surface area contributed by atoms with Crippen LogP contribution in [0, 0.1) is 0 Å². The molecule has 2 unspecified atom stereocenters. The van der Waals surface area contributed by atoms with Gasteiger partial charge in [0.1, 0.15) is 25.4 Å². The van der Waals surface area contributed by atoms with Gasteiger partial charge in [-0.1, -0.05) is 0 Å². The van der Waals surface area contributed by atoms with Crippen LogP contribution in [-0.2, 0) is 39.1 Å². The minimum atomic E-state index is -1.62. The second-order valence-corrected chi connectivity index (χ2v) is 6.90. The smallest absolute Gasteiger partial charge is 0.352 e. The summed E-state index contributed by atoms with van der Waals surface area (Å²) in [6.07, 6.45) is 0.645.